The summed E-state index contributed by atoms with van der Waals surface area (Å²) in [4.78, 5) is 17.4. The number of carbonyl (C=O) groups is 1. The third-order valence-electron chi connectivity index (χ3n) is 5.45. The van der Waals surface area contributed by atoms with E-state index in [1.54, 1.807) is 11.0 Å². The molecular formula is C21H22F2N6O3S. The molecule has 1 N–H and O–H groups in total. The number of rotatable bonds is 5. The first-order valence-electron chi connectivity index (χ1n) is 10.2. The van der Waals surface area contributed by atoms with Crippen molar-refractivity contribution in [1.82, 2.24) is 29.3 Å². The van der Waals surface area contributed by atoms with Crippen molar-refractivity contribution in [2.45, 2.75) is 17.9 Å². The normalized spacial score (nSPS) is 15.9. The molecule has 9 nitrogen and oxygen atoms in total. The molecule has 0 spiro atoms. The summed E-state index contributed by atoms with van der Waals surface area (Å²) in [6.45, 7) is 2.05. The number of carbonyl (C=O) groups excluding carboxylic acids is 1. The highest BCUT2D eigenvalue weighted by atomic mass is 32.2. The number of benzene rings is 2. The Bertz CT molecular complexity index is 1230. The lowest BCUT2D eigenvalue weighted by atomic mass is 10.1. The smallest absolute Gasteiger partial charge is 0.317 e. The number of halogens is 2. The van der Waals surface area contributed by atoms with Gasteiger partial charge >= 0.3 is 6.03 Å². The Hall–Kier alpha value is -3.38. The van der Waals surface area contributed by atoms with Crippen LogP contribution in [0.3, 0.4) is 0 Å². The van der Waals surface area contributed by atoms with E-state index in [1.807, 2.05) is 31.2 Å². The summed E-state index contributed by atoms with van der Waals surface area (Å²) in [6, 6.07) is 9.16. The lowest BCUT2D eigenvalue weighted by Crippen LogP contribution is -2.53. The molecule has 1 aromatic heterocycles. The van der Waals surface area contributed by atoms with Crippen molar-refractivity contribution in [3.05, 3.63) is 72.3 Å². The van der Waals surface area contributed by atoms with Crippen LogP contribution in [0.2, 0.25) is 0 Å². The molecule has 12 heteroatoms. The standard InChI is InChI=1S/C21H22F2N6O3S/c1-15(16-2-5-18(6-3-16)29-14-24-13-25-29)26-21(30)27-8-10-28(11-9-27)33(31,32)20-12-17(22)4-7-19(20)23/h2-7,12-15H,8-11H2,1H3,(H,26,30). The third-order valence-corrected chi connectivity index (χ3v) is 7.37. The van der Waals surface area contributed by atoms with Gasteiger partial charge in [0.05, 0.1) is 11.7 Å². The lowest BCUT2D eigenvalue weighted by Gasteiger charge is -2.34. The largest absolute Gasteiger partial charge is 0.331 e. The van der Waals surface area contributed by atoms with Crippen molar-refractivity contribution in [3.8, 4) is 5.69 Å². The molecule has 1 saturated heterocycles. The highest BCUT2D eigenvalue weighted by Crippen LogP contribution is 2.22. The molecule has 3 aromatic rings. The van der Waals surface area contributed by atoms with Gasteiger partial charge in [-0.25, -0.2) is 31.7 Å². The number of hydrogen-bond acceptors (Lipinski definition) is 5. The SMILES string of the molecule is CC(NC(=O)N1CCN(S(=O)(=O)c2cc(F)ccc2F)CC1)c1ccc(-n2cncn2)cc1. The summed E-state index contributed by atoms with van der Waals surface area (Å²) >= 11 is 0. The molecule has 0 aliphatic carbocycles. The summed E-state index contributed by atoms with van der Waals surface area (Å²) < 4.78 is 55.5. The van der Waals surface area contributed by atoms with Crippen LogP contribution in [-0.2, 0) is 10.0 Å². The summed E-state index contributed by atoms with van der Waals surface area (Å²) in [7, 11) is -4.20. The van der Waals surface area contributed by atoms with Crippen molar-refractivity contribution in [1.29, 1.82) is 0 Å². The molecule has 2 amide bonds. The van der Waals surface area contributed by atoms with Gasteiger partial charge in [-0.05, 0) is 42.8 Å². The number of hydrogen-bond donors (Lipinski definition) is 1. The number of nitrogens with zero attached hydrogens (tertiary/aromatic N) is 5. The molecule has 1 aliphatic rings. The van der Waals surface area contributed by atoms with Gasteiger partial charge in [-0.15, -0.1) is 0 Å². The van der Waals surface area contributed by atoms with Crippen LogP contribution >= 0.6 is 0 Å². The molecular weight excluding hydrogens is 454 g/mol. The fourth-order valence-electron chi connectivity index (χ4n) is 3.56. The monoisotopic (exact) mass is 476 g/mol. The number of sulfonamides is 1. The molecule has 4 rings (SSSR count). The first kappa shape index (κ1) is 22.8. The maximum Gasteiger partial charge on any atom is 0.317 e. The number of amides is 2. The molecule has 2 aromatic carbocycles. The number of aromatic nitrogens is 3. The Kier molecular flexibility index (Phi) is 6.38. The molecule has 1 atom stereocenters. The Labute approximate surface area is 189 Å². The van der Waals surface area contributed by atoms with E-state index in [9.17, 15) is 22.0 Å². The highest BCUT2D eigenvalue weighted by molar-refractivity contribution is 7.89. The van der Waals surface area contributed by atoms with Gasteiger partial charge < -0.3 is 10.2 Å². The first-order chi connectivity index (χ1) is 15.8. The van der Waals surface area contributed by atoms with Crippen molar-refractivity contribution >= 4 is 16.1 Å². The quantitative estimate of drug-likeness (QED) is 0.609. The van der Waals surface area contributed by atoms with Crippen LogP contribution < -0.4 is 5.32 Å². The second kappa shape index (κ2) is 9.24. The van der Waals surface area contributed by atoms with E-state index >= 15 is 0 Å². The van der Waals surface area contributed by atoms with Crippen molar-refractivity contribution in [2.75, 3.05) is 26.2 Å². The van der Waals surface area contributed by atoms with Crippen LogP contribution in [0.1, 0.15) is 18.5 Å². The van der Waals surface area contributed by atoms with Gasteiger partial charge in [0.2, 0.25) is 10.0 Å². The maximum absolute atomic E-state index is 14.0. The molecule has 0 radical (unpaired) electrons. The zero-order valence-electron chi connectivity index (χ0n) is 17.7. The minimum atomic E-state index is -4.20. The van der Waals surface area contributed by atoms with Crippen molar-refractivity contribution in [2.24, 2.45) is 0 Å². The van der Waals surface area contributed by atoms with E-state index in [4.69, 9.17) is 0 Å². The molecule has 174 valence electrons. The molecule has 1 fully saturated rings. The van der Waals surface area contributed by atoms with E-state index in [1.165, 1.54) is 11.2 Å². The van der Waals surface area contributed by atoms with Crippen molar-refractivity contribution < 1.29 is 22.0 Å². The average molecular weight is 477 g/mol. The second-order valence-corrected chi connectivity index (χ2v) is 9.47. The van der Waals surface area contributed by atoms with Gasteiger partial charge in [0, 0.05) is 26.2 Å². The molecule has 1 aliphatic heterocycles. The topological polar surface area (TPSA) is 100 Å². The molecule has 0 saturated carbocycles. The summed E-state index contributed by atoms with van der Waals surface area (Å²) in [5.74, 6) is -1.85. The third kappa shape index (κ3) is 4.86. The zero-order chi connectivity index (χ0) is 23.6. The minimum Gasteiger partial charge on any atom is -0.331 e. The van der Waals surface area contributed by atoms with E-state index in [0.29, 0.717) is 6.07 Å². The van der Waals surface area contributed by atoms with E-state index in [2.05, 4.69) is 15.4 Å². The minimum absolute atomic E-state index is 0.0211. The highest BCUT2D eigenvalue weighted by Gasteiger charge is 2.32. The second-order valence-electron chi connectivity index (χ2n) is 7.57. The average Bonchev–Trinajstić information content (AvgIpc) is 3.36. The fourth-order valence-corrected chi connectivity index (χ4v) is 5.06. The lowest BCUT2D eigenvalue weighted by molar-refractivity contribution is 0.169. The molecule has 2 heterocycles. The van der Waals surface area contributed by atoms with Crippen LogP contribution in [0, 0.1) is 11.6 Å². The molecule has 0 bridgehead atoms. The molecule has 33 heavy (non-hydrogen) atoms. The van der Waals surface area contributed by atoms with Gasteiger partial charge in [0.25, 0.3) is 0 Å². The van der Waals surface area contributed by atoms with E-state index in [-0.39, 0.29) is 38.3 Å². The Morgan fingerprint density at radius 3 is 2.39 bits per heavy atom. The summed E-state index contributed by atoms with van der Waals surface area (Å²) in [5.41, 5.74) is 1.72. The number of nitrogens with one attached hydrogen (secondary N) is 1. The Morgan fingerprint density at radius 2 is 1.76 bits per heavy atom. The first-order valence-corrected chi connectivity index (χ1v) is 11.7. The fraction of sp³-hybridized carbons (Fsp3) is 0.286. The van der Waals surface area contributed by atoms with Crippen LogP contribution in [0.5, 0.6) is 0 Å². The van der Waals surface area contributed by atoms with Crippen LogP contribution in [0.15, 0.2) is 60.0 Å². The van der Waals surface area contributed by atoms with Crippen molar-refractivity contribution in [3.63, 3.8) is 0 Å². The van der Waals surface area contributed by atoms with Gasteiger partial charge in [-0.2, -0.15) is 9.40 Å². The maximum atomic E-state index is 14.0. The van der Waals surface area contributed by atoms with Gasteiger partial charge in [0.15, 0.2) is 0 Å². The predicted molar refractivity (Wildman–Crippen MR) is 115 cm³/mol. The Morgan fingerprint density at radius 1 is 1.06 bits per heavy atom. The van der Waals surface area contributed by atoms with Crippen LogP contribution in [-0.4, -0.2) is 64.6 Å². The van der Waals surface area contributed by atoms with Crippen LogP contribution in [0.25, 0.3) is 5.69 Å². The number of piperazine rings is 1. The predicted octanol–water partition coefficient (Wildman–Crippen LogP) is 2.32. The zero-order valence-corrected chi connectivity index (χ0v) is 18.5. The Balaban J connectivity index is 1.35. The van der Waals surface area contributed by atoms with Gasteiger partial charge in [-0.3, -0.25) is 0 Å². The summed E-state index contributed by atoms with van der Waals surface area (Å²) in [5, 5.41) is 6.96. The number of urea groups is 1. The molecule has 1 unspecified atom stereocenters. The van der Waals surface area contributed by atoms with Gasteiger partial charge in [0.1, 0.15) is 29.2 Å². The van der Waals surface area contributed by atoms with E-state index in [0.717, 1.165) is 27.7 Å². The van der Waals surface area contributed by atoms with Gasteiger partial charge in [-0.1, -0.05) is 12.1 Å². The summed E-state index contributed by atoms with van der Waals surface area (Å²) in [6.07, 6.45) is 3.03. The van der Waals surface area contributed by atoms with E-state index < -0.39 is 26.6 Å². The van der Waals surface area contributed by atoms with Crippen LogP contribution in [0.4, 0.5) is 13.6 Å².